The number of benzene rings is 1. The Morgan fingerprint density at radius 3 is 2.24 bits per heavy atom. The van der Waals surface area contributed by atoms with Gasteiger partial charge in [-0.3, -0.25) is 19.9 Å². The Kier molecular flexibility index (Phi) is 8.31. The molecule has 1 aromatic carbocycles. The van der Waals surface area contributed by atoms with E-state index in [2.05, 4.69) is 53.0 Å². The van der Waals surface area contributed by atoms with Gasteiger partial charge in [-0.15, -0.1) is 0 Å². The summed E-state index contributed by atoms with van der Waals surface area (Å²) in [7, 11) is 2.13. The molecule has 3 rings (SSSR count). The van der Waals surface area contributed by atoms with E-state index in [1.54, 1.807) is 12.1 Å². The molecule has 2 aromatic rings. The predicted octanol–water partition coefficient (Wildman–Crippen LogP) is 2.32. The van der Waals surface area contributed by atoms with Crippen LogP contribution in [0.3, 0.4) is 0 Å². The predicted molar refractivity (Wildman–Crippen MR) is 129 cm³/mol. The average Bonchev–Trinajstić information content (AvgIpc) is 2.82. The number of nitrogens with one attached hydrogen (secondary N) is 1. The Labute approximate surface area is 201 Å². The molecule has 0 spiro atoms. The van der Waals surface area contributed by atoms with Gasteiger partial charge in [0.25, 0.3) is 11.8 Å². The number of hydrogen-bond donors (Lipinski definition) is 1. The molecule has 0 saturated carbocycles. The van der Waals surface area contributed by atoms with E-state index >= 15 is 0 Å². The topological polar surface area (TPSA) is 105 Å². The quantitative estimate of drug-likeness (QED) is 0.656. The smallest absolute Gasteiger partial charge is 0.275 e. The number of amides is 2. The van der Waals surface area contributed by atoms with E-state index in [-0.39, 0.29) is 22.7 Å². The maximum absolute atomic E-state index is 13.1. The molecule has 0 aliphatic carbocycles. The summed E-state index contributed by atoms with van der Waals surface area (Å²) in [6.45, 7) is 11.6. The monoisotopic (exact) mass is 463 g/mol. The first-order valence-electron chi connectivity index (χ1n) is 11.5. The summed E-state index contributed by atoms with van der Waals surface area (Å²) < 4.78 is 0. The molecule has 34 heavy (non-hydrogen) atoms. The van der Waals surface area contributed by atoms with Crippen molar-refractivity contribution in [2.45, 2.75) is 33.7 Å². The minimum absolute atomic E-state index is 0.0153. The van der Waals surface area contributed by atoms with E-state index in [0.717, 1.165) is 38.3 Å². The largest absolute Gasteiger partial charge is 0.304 e. The van der Waals surface area contributed by atoms with Crippen LogP contribution in [0.5, 0.6) is 0 Å². The molecule has 0 bridgehead atoms. The number of nitrogens with zero attached hydrogens (tertiary/aromatic N) is 6. The Balaban J connectivity index is 1.67. The van der Waals surface area contributed by atoms with Gasteiger partial charge in [-0.25, -0.2) is 15.0 Å². The number of nitriles is 1. The molecule has 1 aliphatic rings. The zero-order chi connectivity index (χ0) is 24.7. The molecule has 1 fully saturated rings. The number of rotatable bonds is 6. The normalized spacial score (nSPS) is 14.9. The lowest BCUT2D eigenvalue weighted by Gasteiger charge is -2.32. The van der Waals surface area contributed by atoms with Crippen molar-refractivity contribution in [2.24, 2.45) is 5.41 Å². The SMILES string of the molecule is CN1CCN(Cc2ccc(C(=O)NN(CCC(C)(C)C)C(=O)c3cnc(C#N)nc3)cc2)CC1. The number of carbonyl (C=O) groups is 2. The molecule has 0 radical (unpaired) electrons. The third kappa shape index (κ3) is 7.33. The molecule has 9 nitrogen and oxygen atoms in total. The van der Waals surface area contributed by atoms with Gasteiger partial charge < -0.3 is 4.90 Å². The molecular formula is C25H33N7O2. The van der Waals surface area contributed by atoms with Crippen molar-refractivity contribution in [3.63, 3.8) is 0 Å². The zero-order valence-electron chi connectivity index (χ0n) is 20.4. The first-order valence-corrected chi connectivity index (χ1v) is 11.5. The maximum Gasteiger partial charge on any atom is 0.275 e. The number of likely N-dealkylation sites (N-methyl/N-ethyl adjacent to an activating group) is 1. The highest BCUT2D eigenvalue weighted by molar-refractivity contribution is 5.98. The van der Waals surface area contributed by atoms with Crippen LogP contribution < -0.4 is 5.43 Å². The second-order valence-electron chi connectivity index (χ2n) is 9.89. The van der Waals surface area contributed by atoms with Gasteiger partial charge in [0.05, 0.1) is 5.56 Å². The second-order valence-corrected chi connectivity index (χ2v) is 9.89. The number of aromatic nitrogens is 2. The van der Waals surface area contributed by atoms with Crippen LogP contribution in [-0.2, 0) is 6.54 Å². The molecule has 1 saturated heterocycles. The Morgan fingerprint density at radius 1 is 1.06 bits per heavy atom. The van der Waals surface area contributed by atoms with Crippen LogP contribution in [-0.4, -0.2) is 76.4 Å². The van der Waals surface area contributed by atoms with Gasteiger partial charge in [0.15, 0.2) is 0 Å². The van der Waals surface area contributed by atoms with Crippen LogP contribution in [0.15, 0.2) is 36.7 Å². The molecule has 1 aromatic heterocycles. The molecule has 180 valence electrons. The fourth-order valence-electron chi connectivity index (χ4n) is 3.52. The van der Waals surface area contributed by atoms with Crippen molar-refractivity contribution in [3.8, 4) is 6.07 Å². The van der Waals surface area contributed by atoms with Crippen molar-refractivity contribution in [3.05, 3.63) is 59.2 Å². The molecule has 9 heteroatoms. The van der Waals surface area contributed by atoms with Gasteiger partial charge in [-0.05, 0) is 36.6 Å². The summed E-state index contributed by atoms with van der Waals surface area (Å²) in [4.78, 5) is 38.5. The van der Waals surface area contributed by atoms with E-state index in [1.807, 2.05) is 18.2 Å². The van der Waals surface area contributed by atoms with Crippen LogP contribution >= 0.6 is 0 Å². The Hall–Kier alpha value is -3.35. The average molecular weight is 464 g/mol. The number of hydrogen-bond acceptors (Lipinski definition) is 7. The van der Waals surface area contributed by atoms with Crippen molar-refractivity contribution in [2.75, 3.05) is 39.8 Å². The Bertz CT molecular complexity index is 1020. The van der Waals surface area contributed by atoms with E-state index in [1.165, 1.54) is 17.4 Å². The van der Waals surface area contributed by atoms with E-state index in [0.29, 0.717) is 18.5 Å². The molecule has 0 unspecified atom stereocenters. The summed E-state index contributed by atoms with van der Waals surface area (Å²) in [5.41, 5.74) is 4.55. The van der Waals surface area contributed by atoms with Gasteiger partial charge in [0, 0.05) is 57.2 Å². The summed E-state index contributed by atoms with van der Waals surface area (Å²) in [5.74, 6) is -0.796. The maximum atomic E-state index is 13.1. The van der Waals surface area contributed by atoms with Gasteiger partial charge in [-0.2, -0.15) is 5.26 Å². The lowest BCUT2D eigenvalue weighted by molar-refractivity contribution is 0.0559. The van der Waals surface area contributed by atoms with Gasteiger partial charge in [-0.1, -0.05) is 32.9 Å². The van der Waals surface area contributed by atoms with Crippen LogP contribution in [0.25, 0.3) is 0 Å². The first-order chi connectivity index (χ1) is 16.1. The fourth-order valence-corrected chi connectivity index (χ4v) is 3.52. The van der Waals surface area contributed by atoms with Crippen LogP contribution in [0.4, 0.5) is 0 Å². The van der Waals surface area contributed by atoms with E-state index < -0.39 is 5.91 Å². The molecule has 2 heterocycles. The van der Waals surface area contributed by atoms with Crippen molar-refractivity contribution in [1.29, 1.82) is 5.26 Å². The summed E-state index contributed by atoms with van der Waals surface area (Å²) in [6, 6.07) is 9.33. The Morgan fingerprint density at radius 2 is 1.68 bits per heavy atom. The zero-order valence-corrected chi connectivity index (χ0v) is 20.4. The second kappa shape index (κ2) is 11.2. The van der Waals surface area contributed by atoms with Crippen molar-refractivity contribution in [1.82, 2.24) is 30.2 Å². The van der Waals surface area contributed by atoms with Crippen LogP contribution in [0, 0.1) is 16.7 Å². The molecule has 2 amide bonds. The fraction of sp³-hybridized carbons (Fsp3) is 0.480. The van der Waals surface area contributed by atoms with E-state index in [9.17, 15) is 9.59 Å². The van der Waals surface area contributed by atoms with Crippen molar-refractivity contribution >= 4 is 11.8 Å². The van der Waals surface area contributed by atoms with Crippen molar-refractivity contribution < 1.29 is 9.59 Å². The number of hydrazine groups is 1. The highest BCUT2D eigenvalue weighted by Gasteiger charge is 2.22. The lowest BCUT2D eigenvalue weighted by Crippen LogP contribution is -2.47. The minimum atomic E-state index is -0.422. The third-order valence-corrected chi connectivity index (χ3v) is 5.78. The number of piperazine rings is 1. The standard InChI is InChI=1S/C25H33N7O2/c1-25(2,3)9-10-32(24(34)21-16-27-22(15-26)28-17-21)29-23(33)20-7-5-19(6-8-20)18-31-13-11-30(4)12-14-31/h5-8,16-17H,9-14,18H2,1-4H3,(H,29,33). The van der Waals surface area contributed by atoms with Gasteiger partial charge in [0.1, 0.15) is 6.07 Å². The summed E-state index contributed by atoms with van der Waals surface area (Å²) in [6.07, 6.45) is 3.29. The molecule has 1 N–H and O–H groups in total. The third-order valence-electron chi connectivity index (χ3n) is 5.78. The van der Waals surface area contributed by atoms with Gasteiger partial charge >= 0.3 is 0 Å². The summed E-state index contributed by atoms with van der Waals surface area (Å²) >= 11 is 0. The highest BCUT2D eigenvalue weighted by Crippen LogP contribution is 2.19. The minimum Gasteiger partial charge on any atom is -0.304 e. The molecule has 0 atom stereocenters. The summed E-state index contributed by atoms with van der Waals surface area (Å²) in [5, 5.41) is 10.2. The number of carbonyl (C=O) groups excluding carboxylic acids is 2. The molecular weight excluding hydrogens is 430 g/mol. The molecule has 1 aliphatic heterocycles. The lowest BCUT2D eigenvalue weighted by atomic mass is 9.92. The van der Waals surface area contributed by atoms with Crippen LogP contribution in [0.2, 0.25) is 0 Å². The van der Waals surface area contributed by atoms with Gasteiger partial charge in [0.2, 0.25) is 5.82 Å². The van der Waals surface area contributed by atoms with E-state index in [4.69, 9.17) is 5.26 Å². The highest BCUT2D eigenvalue weighted by atomic mass is 16.2. The first kappa shape index (κ1) is 25.3. The van der Waals surface area contributed by atoms with Crippen LogP contribution in [0.1, 0.15) is 59.3 Å².